The Bertz CT molecular complexity index is 609. The van der Waals surface area contributed by atoms with E-state index in [1.165, 1.54) is 27.8 Å². The molecule has 0 bridgehead atoms. The molecule has 1 heteroatoms. The highest BCUT2D eigenvalue weighted by atomic mass is 14.5. The minimum absolute atomic E-state index is 0.517. The number of hydrogen-bond donors (Lipinski definition) is 1. The number of rotatable bonds is 3. The summed E-state index contributed by atoms with van der Waals surface area (Å²) in [6, 6.07) is 13.1. The molecule has 0 amide bonds. The standard InChI is InChI=1S/C19H25N/c1-12(2)15-6-8-17(13(3)4)19(11-15)18-9-7-16(20)10-14(18)5/h6-13H,20H2,1-5H3. The van der Waals surface area contributed by atoms with Crippen LogP contribution in [0.4, 0.5) is 5.69 Å². The van der Waals surface area contributed by atoms with E-state index in [4.69, 9.17) is 5.73 Å². The van der Waals surface area contributed by atoms with Gasteiger partial charge in [0.2, 0.25) is 0 Å². The van der Waals surface area contributed by atoms with Crippen molar-refractivity contribution in [3.05, 3.63) is 53.1 Å². The Morgan fingerprint density at radius 3 is 2.05 bits per heavy atom. The Balaban J connectivity index is 2.66. The number of nitrogen functional groups attached to an aromatic ring is 1. The van der Waals surface area contributed by atoms with Gasteiger partial charge in [0.15, 0.2) is 0 Å². The van der Waals surface area contributed by atoms with Crippen LogP contribution in [0.3, 0.4) is 0 Å². The SMILES string of the molecule is Cc1cc(N)ccc1-c1cc(C(C)C)ccc1C(C)C. The molecule has 0 aliphatic heterocycles. The zero-order chi connectivity index (χ0) is 14.9. The fraction of sp³-hybridized carbons (Fsp3) is 0.368. The average molecular weight is 267 g/mol. The molecular formula is C19H25N. The van der Waals surface area contributed by atoms with Crippen molar-refractivity contribution in [3.8, 4) is 11.1 Å². The first-order chi connectivity index (χ1) is 9.40. The summed E-state index contributed by atoms with van der Waals surface area (Å²) in [4.78, 5) is 0. The van der Waals surface area contributed by atoms with Crippen molar-refractivity contribution >= 4 is 5.69 Å². The fourth-order valence-corrected chi connectivity index (χ4v) is 2.66. The summed E-state index contributed by atoms with van der Waals surface area (Å²) in [6.07, 6.45) is 0. The van der Waals surface area contributed by atoms with Gasteiger partial charge in [0, 0.05) is 5.69 Å². The molecular weight excluding hydrogens is 242 g/mol. The number of anilines is 1. The van der Waals surface area contributed by atoms with Gasteiger partial charge < -0.3 is 5.73 Å². The Labute approximate surface area is 122 Å². The summed E-state index contributed by atoms with van der Waals surface area (Å²) in [7, 11) is 0. The monoisotopic (exact) mass is 267 g/mol. The van der Waals surface area contributed by atoms with Crippen LogP contribution in [-0.4, -0.2) is 0 Å². The Morgan fingerprint density at radius 2 is 1.50 bits per heavy atom. The van der Waals surface area contributed by atoms with Gasteiger partial charge in [-0.2, -0.15) is 0 Å². The highest BCUT2D eigenvalue weighted by molar-refractivity contribution is 5.73. The average Bonchev–Trinajstić information content (AvgIpc) is 2.37. The van der Waals surface area contributed by atoms with E-state index in [1.54, 1.807) is 0 Å². The lowest BCUT2D eigenvalue weighted by Gasteiger charge is -2.18. The van der Waals surface area contributed by atoms with Crippen LogP contribution in [0.15, 0.2) is 36.4 Å². The maximum Gasteiger partial charge on any atom is 0.0317 e. The summed E-state index contributed by atoms with van der Waals surface area (Å²) >= 11 is 0. The molecule has 0 spiro atoms. The van der Waals surface area contributed by atoms with Crippen molar-refractivity contribution in [2.24, 2.45) is 0 Å². The molecule has 20 heavy (non-hydrogen) atoms. The Hall–Kier alpha value is -1.76. The Kier molecular flexibility index (Phi) is 4.17. The molecule has 106 valence electrons. The normalized spacial score (nSPS) is 11.3. The lowest BCUT2D eigenvalue weighted by atomic mass is 9.87. The lowest BCUT2D eigenvalue weighted by molar-refractivity contribution is 0.847. The molecule has 0 aromatic heterocycles. The molecule has 0 fully saturated rings. The third kappa shape index (κ3) is 2.87. The van der Waals surface area contributed by atoms with Crippen LogP contribution < -0.4 is 5.73 Å². The van der Waals surface area contributed by atoms with Gasteiger partial charge in [0.25, 0.3) is 0 Å². The summed E-state index contributed by atoms with van der Waals surface area (Å²) in [6.45, 7) is 11.1. The van der Waals surface area contributed by atoms with Gasteiger partial charge in [-0.15, -0.1) is 0 Å². The van der Waals surface area contributed by atoms with Gasteiger partial charge in [0.1, 0.15) is 0 Å². The van der Waals surface area contributed by atoms with E-state index < -0.39 is 0 Å². The maximum absolute atomic E-state index is 5.88. The molecule has 0 unspecified atom stereocenters. The van der Waals surface area contributed by atoms with Gasteiger partial charge in [-0.25, -0.2) is 0 Å². The van der Waals surface area contributed by atoms with E-state index in [9.17, 15) is 0 Å². The zero-order valence-corrected chi connectivity index (χ0v) is 13.2. The molecule has 0 aliphatic carbocycles. The second-order valence-corrected chi connectivity index (χ2v) is 6.23. The van der Waals surface area contributed by atoms with Crippen molar-refractivity contribution < 1.29 is 0 Å². The lowest BCUT2D eigenvalue weighted by Crippen LogP contribution is -1.98. The molecule has 0 saturated heterocycles. The highest BCUT2D eigenvalue weighted by Crippen LogP contribution is 2.34. The predicted octanol–water partition coefficient (Wildman–Crippen LogP) is 5.49. The number of nitrogens with two attached hydrogens (primary N) is 1. The molecule has 0 radical (unpaired) electrons. The van der Waals surface area contributed by atoms with Crippen LogP contribution in [-0.2, 0) is 0 Å². The molecule has 2 aromatic rings. The second kappa shape index (κ2) is 5.70. The van der Waals surface area contributed by atoms with Gasteiger partial charge in [-0.05, 0) is 58.7 Å². The Morgan fingerprint density at radius 1 is 0.800 bits per heavy atom. The van der Waals surface area contributed by atoms with Crippen LogP contribution in [0.2, 0.25) is 0 Å². The van der Waals surface area contributed by atoms with Crippen molar-refractivity contribution in [1.29, 1.82) is 0 Å². The molecule has 2 aromatic carbocycles. The van der Waals surface area contributed by atoms with Crippen molar-refractivity contribution in [2.75, 3.05) is 5.73 Å². The molecule has 2 N–H and O–H groups in total. The molecule has 0 saturated carbocycles. The first-order valence-corrected chi connectivity index (χ1v) is 7.40. The quantitative estimate of drug-likeness (QED) is 0.731. The molecule has 0 aliphatic rings. The first-order valence-electron chi connectivity index (χ1n) is 7.40. The number of aryl methyl sites for hydroxylation is 1. The van der Waals surface area contributed by atoms with E-state index >= 15 is 0 Å². The summed E-state index contributed by atoms with van der Waals surface area (Å²) in [5, 5.41) is 0. The van der Waals surface area contributed by atoms with E-state index in [0.29, 0.717) is 11.8 Å². The molecule has 1 nitrogen and oxygen atoms in total. The molecule has 0 atom stereocenters. The minimum Gasteiger partial charge on any atom is -0.399 e. The van der Waals surface area contributed by atoms with Crippen LogP contribution in [0, 0.1) is 6.92 Å². The third-order valence-electron chi connectivity index (χ3n) is 3.91. The van der Waals surface area contributed by atoms with Crippen LogP contribution >= 0.6 is 0 Å². The summed E-state index contributed by atoms with van der Waals surface area (Å²) in [5.74, 6) is 1.06. The van der Waals surface area contributed by atoms with Crippen LogP contribution in [0.1, 0.15) is 56.2 Å². The van der Waals surface area contributed by atoms with E-state index in [0.717, 1.165) is 5.69 Å². The smallest absolute Gasteiger partial charge is 0.0317 e. The van der Waals surface area contributed by atoms with Crippen LogP contribution in [0.5, 0.6) is 0 Å². The second-order valence-electron chi connectivity index (χ2n) is 6.23. The van der Waals surface area contributed by atoms with Gasteiger partial charge >= 0.3 is 0 Å². The summed E-state index contributed by atoms with van der Waals surface area (Å²) in [5.41, 5.74) is 13.4. The van der Waals surface area contributed by atoms with Crippen molar-refractivity contribution in [2.45, 2.75) is 46.5 Å². The third-order valence-corrected chi connectivity index (χ3v) is 3.91. The molecule has 0 heterocycles. The van der Waals surface area contributed by atoms with Gasteiger partial charge in [-0.1, -0.05) is 52.0 Å². The first kappa shape index (κ1) is 14.6. The van der Waals surface area contributed by atoms with Crippen LogP contribution in [0.25, 0.3) is 11.1 Å². The van der Waals surface area contributed by atoms with E-state index in [2.05, 4.69) is 65.0 Å². The van der Waals surface area contributed by atoms with Gasteiger partial charge in [-0.3, -0.25) is 0 Å². The van der Waals surface area contributed by atoms with Crippen molar-refractivity contribution in [1.82, 2.24) is 0 Å². The maximum atomic E-state index is 5.88. The molecule has 2 rings (SSSR count). The van der Waals surface area contributed by atoms with E-state index in [-0.39, 0.29) is 0 Å². The number of benzene rings is 2. The zero-order valence-electron chi connectivity index (χ0n) is 13.2. The summed E-state index contributed by atoms with van der Waals surface area (Å²) < 4.78 is 0. The van der Waals surface area contributed by atoms with Crippen molar-refractivity contribution in [3.63, 3.8) is 0 Å². The predicted molar refractivity (Wildman–Crippen MR) is 89.2 cm³/mol. The number of hydrogen-bond acceptors (Lipinski definition) is 1. The van der Waals surface area contributed by atoms with E-state index in [1.807, 2.05) is 6.07 Å². The minimum atomic E-state index is 0.517. The van der Waals surface area contributed by atoms with Gasteiger partial charge in [0.05, 0.1) is 0 Å². The topological polar surface area (TPSA) is 26.0 Å². The largest absolute Gasteiger partial charge is 0.399 e. The highest BCUT2D eigenvalue weighted by Gasteiger charge is 2.12. The fourth-order valence-electron chi connectivity index (χ4n) is 2.66.